The van der Waals surface area contributed by atoms with Crippen LogP contribution in [0.5, 0.6) is 0 Å². The van der Waals surface area contributed by atoms with E-state index in [0.717, 1.165) is 23.4 Å². The highest BCUT2D eigenvalue weighted by Crippen LogP contribution is 2.07. The molecule has 1 aromatic carbocycles. The zero-order valence-corrected chi connectivity index (χ0v) is 11.4. The number of hydrogen-bond acceptors (Lipinski definition) is 2. The fourth-order valence-corrected chi connectivity index (χ4v) is 2.02. The summed E-state index contributed by atoms with van der Waals surface area (Å²) in [5, 5.41) is 7.19. The number of carbonyl (C=O) groups excluding carboxylic acids is 1. The van der Waals surface area contributed by atoms with Crippen LogP contribution in [0, 0.1) is 6.92 Å². The zero-order chi connectivity index (χ0) is 13.7. The molecule has 0 aliphatic heterocycles. The fourth-order valence-electron chi connectivity index (χ4n) is 2.02. The lowest BCUT2D eigenvalue weighted by atomic mass is 10.1. The molecule has 0 saturated heterocycles. The first-order valence-electron chi connectivity index (χ1n) is 6.52. The van der Waals surface area contributed by atoms with Crippen LogP contribution in [-0.2, 0) is 24.3 Å². The van der Waals surface area contributed by atoms with Crippen molar-refractivity contribution < 1.29 is 4.79 Å². The summed E-state index contributed by atoms with van der Waals surface area (Å²) >= 11 is 0. The standard InChI is InChI=1S/C15H19N3O/c1-3-18-12(2)14(11-17-18)10-16-15(19)9-13-7-5-4-6-8-13/h4-8,11H,3,9-10H2,1-2H3,(H,16,19). The average Bonchev–Trinajstić information content (AvgIpc) is 2.78. The van der Waals surface area contributed by atoms with E-state index in [1.54, 1.807) is 0 Å². The van der Waals surface area contributed by atoms with Gasteiger partial charge in [-0.15, -0.1) is 0 Å². The molecule has 19 heavy (non-hydrogen) atoms. The van der Waals surface area contributed by atoms with Crippen molar-refractivity contribution in [2.24, 2.45) is 0 Å². The molecule has 100 valence electrons. The smallest absolute Gasteiger partial charge is 0.224 e. The van der Waals surface area contributed by atoms with E-state index >= 15 is 0 Å². The number of hydrogen-bond donors (Lipinski definition) is 1. The normalized spacial score (nSPS) is 10.4. The number of amides is 1. The van der Waals surface area contributed by atoms with E-state index in [4.69, 9.17) is 0 Å². The Morgan fingerprint density at radius 1 is 1.32 bits per heavy atom. The summed E-state index contributed by atoms with van der Waals surface area (Å²) in [5.41, 5.74) is 3.21. The van der Waals surface area contributed by atoms with Crippen molar-refractivity contribution in [2.45, 2.75) is 33.4 Å². The van der Waals surface area contributed by atoms with E-state index in [1.165, 1.54) is 0 Å². The molecule has 0 unspecified atom stereocenters. The highest BCUT2D eigenvalue weighted by molar-refractivity contribution is 5.78. The predicted octanol–water partition coefficient (Wildman–Crippen LogP) is 2.07. The first kappa shape index (κ1) is 13.3. The molecule has 0 saturated carbocycles. The Balaban J connectivity index is 1.88. The monoisotopic (exact) mass is 257 g/mol. The topological polar surface area (TPSA) is 46.9 Å². The third-order valence-corrected chi connectivity index (χ3v) is 3.19. The number of rotatable bonds is 5. The van der Waals surface area contributed by atoms with Gasteiger partial charge in [0.25, 0.3) is 0 Å². The Bertz CT molecular complexity index is 546. The Morgan fingerprint density at radius 3 is 2.68 bits per heavy atom. The van der Waals surface area contributed by atoms with Gasteiger partial charge in [-0.25, -0.2) is 0 Å². The predicted molar refractivity (Wildman–Crippen MR) is 74.6 cm³/mol. The molecule has 1 aromatic heterocycles. The molecular weight excluding hydrogens is 238 g/mol. The molecule has 2 rings (SSSR count). The van der Waals surface area contributed by atoms with Crippen molar-refractivity contribution >= 4 is 5.91 Å². The van der Waals surface area contributed by atoms with E-state index in [-0.39, 0.29) is 5.91 Å². The summed E-state index contributed by atoms with van der Waals surface area (Å²) in [7, 11) is 0. The van der Waals surface area contributed by atoms with Crippen molar-refractivity contribution in [2.75, 3.05) is 0 Å². The van der Waals surface area contributed by atoms with Crippen LogP contribution in [0.2, 0.25) is 0 Å². The first-order valence-corrected chi connectivity index (χ1v) is 6.52. The highest BCUT2D eigenvalue weighted by Gasteiger charge is 2.07. The summed E-state index contributed by atoms with van der Waals surface area (Å²) in [6, 6.07) is 9.75. The number of benzene rings is 1. The third kappa shape index (κ3) is 3.44. The number of nitrogens with zero attached hydrogens (tertiary/aromatic N) is 2. The van der Waals surface area contributed by atoms with Crippen molar-refractivity contribution in [3.05, 3.63) is 53.3 Å². The quantitative estimate of drug-likeness (QED) is 0.891. The SMILES string of the molecule is CCn1ncc(CNC(=O)Cc2ccccc2)c1C. The lowest BCUT2D eigenvalue weighted by Crippen LogP contribution is -2.24. The number of aryl methyl sites for hydroxylation is 1. The van der Waals surface area contributed by atoms with Crippen LogP contribution < -0.4 is 5.32 Å². The molecule has 0 radical (unpaired) electrons. The summed E-state index contributed by atoms with van der Waals surface area (Å²) in [6.07, 6.45) is 2.24. The van der Waals surface area contributed by atoms with Gasteiger partial charge in [-0.05, 0) is 19.4 Å². The first-order chi connectivity index (χ1) is 9.20. The number of aromatic nitrogens is 2. The van der Waals surface area contributed by atoms with Gasteiger partial charge >= 0.3 is 0 Å². The maximum Gasteiger partial charge on any atom is 0.224 e. The van der Waals surface area contributed by atoms with E-state index in [1.807, 2.05) is 48.1 Å². The van der Waals surface area contributed by atoms with Crippen LogP contribution in [0.3, 0.4) is 0 Å². The molecule has 4 heteroatoms. The molecule has 0 fully saturated rings. The summed E-state index contributed by atoms with van der Waals surface area (Å²) in [5.74, 6) is 0.0369. The summed E-state index contributed by atoms with van der Waals surface area (Å²) in [4.78, 5) is 11.8. The van der Waals surface area contributed by atoms with Gasteiger partial charge in [0.15, 0.2) is 0 Å². The lowest BCUT2D eigenvalue weighted by molar-refractivity contribution is -0.120. The van der Waals surface area contributed by atoms with Crippen LogP contribution >= 0.6 is 0 Å². The third-order valence-electron chi connectivity index (χ3n) is 3.19. The fraction of sp³-hybridized carbons (Fsp3) is 0.333. The van der Waals surface area contributed by atoms with Gasteiger partial charge in [0, 0.05) is 24.3 Å². The zero-order valence-electron chi connectivity index (χ0n) is 11.4. The van der Waals surface area contributed by atoms with Crippen LogP contribution in [0.4, 0.5) is 0 Å². The molecular formula is C15H19N3O. The van der Waals surface area contributed by atoms with Crippen LogP contribution in [0.25, 0.3) is 0 Å². The Labute approximate surface area is 113 Å². The van der Waals surface area contributed by atoms with Crippen LogP contribution in [0.1, 0.15) is 23.7 Å². The van der Waals surface area contributed by atoms with Crippen molar-refractivity contribution in [3.8, 4) is 0 Å². The van der Waals surface area contributed by atoms with Crippen LogP contribution in [0.15, 0.2) is 36.5 Å². The Kier molecular flexibility index (Phi) is 4.34. The van der Waals surface area contributed by atoms with Gasteiger partial charge < -0.3 is 5.32 Å². The van der Waals surface area contributed by atoms with E-state index < -0.39 is 0 Å². The minimum Gasteiger partial charge on any atom is -0.352 e. The molecule has 0 spiro atoms. The van der Waals surface area contributed by atoms with Crippen molar-refractivity contribution in [3.63, 3.8) is 0 Å². The van der Waals surface area contributed by atoms with E-state index in [9.17, 15) is 4.79 Å². The second kappa shape index (κ2) is 6.18. The maximum atomic E-state index is 11.8. The van der Waals surface area contributed by atoms with Gasteiger partial charge in [-0.2, -0.15) is 5.10 Å². The highest BCUT2D eigenvalue weighted by atomic mass is 16.1. The average molecular weight is 257 g/mol. The van der Waals surface area contributed by atoms with Crippen LogP contribution in [-0.4, -0.2) is 15.7 Å². The molecule has 1 N–H and O–H groups in total. The minimum atomic E-state index is 0.0369. The summed E-state index contributed by atoms with van der Waals surface area (Å²) < 4.78 is 1.93. The largest absolute Gasteiger partial charge is 0.352 e. The second-order valence-electron chi connectivity index (χ2n) is 4.51. The molecule has 0 aliphatic rings. The summed E-state index contributed by atoms with van der Waals surface area (Å²) in [6.45, 7) is 5.47. The number of carbonyl (C=O) groups is 1. The molecule has 4 nitrogen and oxygen atoms in total. The molecule has 0 bridgehead atoms. The molecule has 0 atom stereocenters. The van der Waals surface area contributed by atoms with Crippen molar-refractivity contribution in [1.29, 1.82) is 0 Å². The van der Waals surface area contributed by atoms with Crippen molar-refractivity contribution in [1.82, 2.24) is 15.1 Å². The van der Waals surface area contributed by atoms with Gasteiger partial charge in [0.05, 0.1) is 12.6 Å². The van der Waals surface area contributed by atoms with Gasteiger partial charge in [0.2, 0.25) is 5.91 Å². The Morgan fingerprint density at radius 2 is 2.05 bits per heavy atom. The maximum absolute atomic E-state index is 11.8. The number of nitrogens with one attached hydrogen (secondary N) is 1. The molecule has 2 aromatic rings. The Hall–Kier alpha value is -2.10. The van der Waals surface area contributed by atoms with E-state index in [0.29, 0.717) is 13.0 Å². The van der Waals surface area contributed by atoms with Gasteiger partial charge in [-0.3, -0.25) is 9.48 Å². The minimum absolute atomic E-state index is 0.0369. The van der Waals surface area contributed by atoms with E-state index in [2.05, 4.69) is 17.3 Å². The second-order valence-corrected chi connectivity index (χ2v) is 4.51. The molecule has 0 aliphatic carbocycles. The molecule has 1 heterocycles. The molecule has 1 amide bonds. The lowest BCUT2D eigenvalue weighted by Gasteiger charge is -2.05. The van der Waals surface area contributed by atoms with Gasteiger partial charge in [-0.1, -0.05) is 30.3 Å². The van der Waals surface area contributed by atoms with Gasteiger partial charge in [0.1, 0.15) is 0 Å².